The van der Waals surface area contributed by atoms with Crippen molar-refractivity contribution in [2.24, 2.45) is 17.8 Å². The zero-order valence-electron chi connectivity index (χ0n) is 11.2. The van der Waals surface area contributed by atoms with Crippen molar-refractivity contribution >= 4 is 5.91 Å². The van der Waals surface area contributed by atoms with Crippen LogP contribution < -0.4 is 5.32 Å². The van der Waals surface area contributed by atoms with Crippen LogP contribution in [0.25, 0.3) is 0 Å². The predicted molar refractivity (Wildman–Crippen MR) is 69.6 cm³/mol. The van der Waals surface area contributed by atoms with Gasteiger partial charge in [-0.1, -0.05) is 20.3 Å². The van der Waals surface area contributed by atoms with Crippen molar-refractivity contribution in [3.63, 3.8) is 0 Å². The highest BCUT2D eigenvalue weighted by Crippen LogP contribution is 2.29. The maximum Gasteiger partial charge on any atom is 0.220 e. The number of hydrogen-bond acceptors (Lipinski definition) is 2. The molecule has 0 saturated heterocycles. The summed E-state index contributed by atoms with van der Waals surface area (Å²) in [6.45, 7) is 5.31. The summed E-state index contributed by atoms with van der Waals surface area (Å²) in [4.78, 5) is 11.7. The van der Waals surface area contributed by atoms with Crippen LogP contribution in [0.1, 0.15) is 52.4 Å². The number of nitrogens with one attached hydrogen (secondary N) is 1. The van der Waals surface area contributed by atoms with E-state index in [0.29, 0.717) is 24.2 Å². The normalized spacial score (nSPS) is 17.9. The molecule has 1 unspecified atom stereocenters. The fraction of sp³-hybridized carbons (Fsp3) is 0.929. The molecule has 2 N–H and O–H groups in total. The Hall–Kier alpha value is -0.570. The second kappa shape index (κ2) is 7.70. The topological polar surface area (TPSA) is 49.3 Å². The Bertz CT molecular complexity index is 224. The van der Waals surface area contributed by atoms with Gasteiger partial charge in [0.1, 0.15) is 0 Å². The van der Waals surface area contributed by atoms with E-state index in [1.54, 1.807) is 0 Å². The maximum absolute atomic E-state index is 11.7. The summed E-state index contributed by atoms with van der Waals surface area (Å²) in [7, 11) is 0. The fourth-order valence-electron chi connectivity index (χ4n) is 2.44. The van der Waals surface area contributed by atoms with E-state index in [0.717, 1.165) is 19.4 Å². The molecule has 1 aliphatic carbocycles. The van der Waals surface area contributed by atoms with Crippen LogP contribution in [0.15, 0.2) is 0 Å². The van der Waals surface area contributed by atoms with Crippen LogP contribution in [0.3, 0.4) is 0 Å². The average molecular weight is 241 g/mol. The number of aliphatic hydroxyl groups excluding tert-OH is 1. The fourth-order valence-corrected chi connectivity index (χ4v) is 2.44. The second-order valence-corrected chi connectivity index (χ2v) is 5.81. The molecule has 1 fully saturated rings. The Morgan fingerprint density at radius 1 is 1.41 bits per heavy atom. The van der Waals surface area contributed by atoms with Crippen molar-refractivity contribution < 1.29 is 9.90 Å². The summed E-state index contributed by atoms with van der Waals surface area (Å²) in [6, 6.07) is 0. The molecule has 0 heterocycles. The SMILES string of the molecule is CC(C)CC(CCO)CNC(=O)CC1CCC1. The number of carbonyl (C=O) groups excluding carboxylic acids is 1. The van der Waals surface area contributed by atoms with Gasteiger partial charge in [-0.05, 0) is 43.4 Å². The first-order valence-corrected chi connectivity index (χ1v) is 6.99. The van der Waals surface area contributed by atoms with Gasteiger partial charge in [-0.25, -0.2) is 0 Å². The molecule has 1 saturated carbocycles. The highest BCUT2D eigenvalue weighted by molar-refractivity contribution is 5.76. The third-order valence-electron chi connectivity index (χ3n) is 3.63. The molecule has 1 rings (SSSR count). The van der Waals surface area contributed by atoms with Gasteiger partial charge >= 0.3 is 0 Å². The molecule has 0 spiro atoms. The molecule has 0 radical (unpaired) electrons. The molecule has 17 heavy (non-hydrogen) atoms. The van der Waals surface area contributed by atoms with E-state index in [2.05, 4.69) is 19.2 Å². The summed E-state index contributed by atoms with van der Waals surface area (Å²) in [5.41, 5.74) is 0. The molecular formula is C14H27NO2. The van der Waals surface area contributed by atoms with Crippen LogP contribution in [0.5, 0.6) is 0 Å². The first-order valence-electron chi connectivity index (χ1n) is 6.99. The third kappa shape index (κ3) is 6.06. The molecule has 0 aromatic heterocycles. The number of hydrogen-bond donors (Lipinski definition) is 2. The van der Waals surface area contributed by atoms with Crippen LogP contribution in [0.2, 0.25) is 0 Å². The highest BCUT2D eigenvalue weighted by Gasteiger charge is 2.21. The molecule has 0 bridgehead atoms. The minimum Gasteiger partial charge on any atom is -0.396 e. The van der Waals surface area contributed by atoms with Gasteiger partial charge in [0, 0.05) is 19.6 Å². The highest BCUT2D eigenvalue weighted by atomic mass is 16.3. The van der Waals surface area contributed by atoms with Crippen LogP contribution in [-0.4, -0.2) is 24.2 Å². The molecular weight excluding hydrogens is 214 g/mol. The standard InChI is InChI=1S/C14H27NO2/c1-11(2)8-13(6-7-16)10-15-14(17)9-12-4-3-5-12/h11-13,16H,3-10H2,1-2H3,(H,15,17). The predicted octanol–water partition coefficient (Wildman–Crippen LogP) is 2.34. The molecule has 3 heteroatoms. The van der Waals surface area contributed by atoms with Gasteiger partial charge in [0.25, 0.3) is 0 Å². The summed E-state index contributed by atoms with van der Waals surface area (Å²) >= 11 is 0. The van der Waals surface area contributed by atoms with Crippen LogP contribution in [0, 0.1) is 17.8 Å². The summed E-state index contributed by atoms with van der Waals surface area (Å²) in [6.07, 6.45) is 6.30. The Labute approximate surface area is 105 Å². The van der Waals surface area contributed by atoms with E-state index >= 15 is 0 Å². The average Bonchev–Trinajstić information content (AvgIpc) is 2.20. The van der Waals surface area contributed by atoms with E-state index in [4.69, 9.17) is 5.11 Å². The Balaban J connectivity index is 2.17. The lowest BCUT2D eigenvalue weighted by atomic mass is 9.83. The number of aliphatic hydroxyl groups is 1. The zero-order valence-corrected chi connectivity index (χ0v) is 11.2. The molecule has 0 aromatic carbocycles. The van der Waals surface area contributed by atoms with Gasteiger partial charge in [-0.2, -0.15) is 0 Å². The zero-order chi connectivity index (χ0) is 12.7. The Kier molecular flexibility index (Phi) is 6.56. The first-order chi connectivity index (χ1) is 8.11. The van der Waals surface area contributed by atoms with Gasteiger partial charge in [-0.3, -0.25) is 4.79 Å². The molecule has 1 atom stereocenters. The molecule has 3 nitrogen and oxygen atoms in total. The molecule has 1 amide bonds. The van der Waals surface area contributed by atoms with E-state index in [1.165, 1.54) is 19.3 Å². The summed E-state index contributed by atoms with van der Waals surface area (Å²) in [5, 5.41) is 12.0. The van der Waals surface area contributed by atoms with Crippen molar-refractivity contribution in [3.8, 4) is 0 Å². The lowest BCUT2D eigenvalue weighted by Crippen LogP contribution is -2.32. The maximum atomic E-state index is 11.7. The van der Waals surface area contributed by atoms with E-state index in [-0.39, 0.29) is 12.5 Å². The first kappa shape index (κ1) is 14.5. The van der Waals surface area contributed by atoms with Crippen molar-refractivity contribution in [1.82, 2.24) is 5.32 Å². The largest absolute Gasteiger partial charge is 0.396 e. The van der Waals surface area contributed by atoms with Gasteiger partial charge in [0.2, 0.25) is 5.91 Å². The van der Waals surface area contributed by atoms with Crippen LogP contribution in [0.4, 0.5) is 0 Å². The Morgan fingerprint density at radius 3 is 2.59 bits per heavy atom. The summed E-state index contributed by atoms with van der Waals surface area (Å²) in [5.74, 6) is 1.87. The molecule has 0 aromatic rings. The van der Waals surface area contributed by atoms with Crippen LogP contribution in [-0.2, 0) is 4.79 Å². The Morgan fingerprint density at radius 2 is 2.12 bits per heavy atom. The van der Waals surface area contributed by atoms with E-state index in [1.807, 2.05) is 0 Å². The lowest BCUT2D eigenvalue weighted by molar-refractivity contribution is -0.122. The van der Waals surface area contributed by atoms with Crippen LogP contribution >= 0.6 is 0 Å². The molecule has 100 valence electrons. The summed E-state index contributed by atoms with van der Waals surface area (Å²) < 4.78 is 0. The van der Waals surface area contributed by atoms with Gasteiger partial charge < -0.3 is 10.4 Å². The molecule has 0 aliphatic heterocycles. The lowest BCUT2D eigenvalue weighted by Gasteiger charge is -2.25. The number of carbonyl (C=O) groups is 1. The van der Waals surface area contributed by atoms with Crippen molar-refractivity contribution in [2.45, 2.75) is 52.4 Å². The minimum absolute atomic E-state index is 0.196. The van der Waals surface area contributed by atoms with Gasteiger partial charge in [-0.15, -0.1) is 0 Å². The van der Waals surface area contributed by atoms with Crippen molar-refractivity contribution in [3.05, 3.63) is 0 Å². The van der Waals surface area contributed by atoms with Crippen molar-refractivity contribution in [2.75, 3.05) is 13.2 Å². The second-order valence-electron chi connectivity index (χ2n) is 5.81. The smallest absolute Gasteiger partial charge is 0.220 e. The van der Waals surface area contributed by atoms with E-state index < -0.39 is 0 Å². The van der Waals surface area contributed by atoms with Gasteiger partial charge in [0.05, 0.1) is 0 Å². The minimum atomic E-state index is 0.196. The number of rotatable bonds is 8. The van der Waals surface area contributed by atoms with E-state index in [9.17, 15) is 4.79 Å². The van der Waals surface area contributed by atoms with Gasteiger partial charge in [0.15, 0.2) is 0 Å². The monoisotopic (exact) mass is 241 g/mol. The molecule has 1 aliphatic rings. The third-order valence-corrected chi connectivity index (χ3v) is 3.63. The number of amides is 1. The van der Waals surface area contributed by atoms with Crippen molar-refractivity contribution in [1.29, 1.82) is 0 Å². The quantitative estimate of drug-likeness (QED) is 0.685.